The van der Waals surface area contributed by atoms with E-state index in [1.807, 2.05) is 0 Å². The third kappa shape index (κ3) is 4.58. The van der Waals surface area contributed by atoms with Gasteiger partial charge in [-0.1, -0.05) is 12.1 Å². The lowest BCUT2D eigenvalue weighted by molar-refractivity contribution is -0.383. The number of anilines is 2. The number of hydrogen-bond donors (Lipinski definition) is 2. The van der Waals surface area contributed by atoms with E-state index in [2.05, 4.69) is 20.6 Å². The Morgan fingerprint density at radius 1 is 1.22 bits per heavy atom. The third-order valence-corrected chi connectivity index (χ3v) is 2.98. The summed E-state index contributed by atoms with van der Waals surface area (Å²) in [5.41, 5.74) is 0.527. The maximum absolute atomic E-state index is 12.9. The van der Waals surface area contributed by atoms with Crippen LogP contribution in [-0.4, -0.2) is 35.2 Å². The molecule has 0 radical (unpaired) electrons. The SMILES string of the molecule is COCCNc1ncnc(NCc2ccc(F)cc2)c1[N+](=O)[O-]. The highest BCUT2D eigenvalue weighted by Crippen LogP contribution is 2.28. The first-order chi connectivity index (χ1) is 11.1. The summed E-state index contributed by atoms with van der Waals surface area (Å²) in [6, 6.07) is 5.83. The van der Waals surface area contributed by atoms with Crippen molar-refractivity contribution in [1.29, 1.82) is 0 Å². The maximum Gasteiger partial charge on any atom is 0.353 e. The summed E-state index contributed by atoms with van der Waals surface area (Å²) in [4.78, 5) is 18.5. The average molecular weight is 321 g/mol. The van der Waals surface area contributed by atoms with Gasteiger partial charge in [-0.05, 0) is 17.7 Å². The highest BCUT2D eigenvalue weighted by atomic mass is 19.1. The van der Waals surface area contributed by atoms with Crippen LogP contribution in [0.2, 0.25) is 0 Å². The number of hydrogen-bond acceptors (Lipinski definition) is 7. The molecule has 0 fully saturated rings. The zero-order valence-corrected chi connectivity index (χ0v) is 12.5. The van der Waals surface area contributed by atoms with Crippen molar-refractivity contribution in [3.05, 3.63) is 52.1 Å². The van der Waals surface area contributed by atoms with Gasteiger partial charge in [0.15, 0.2) is 0 Å². The highest BCUT2D eigenvalue weighted by Gasteiger charge is 2.22. The Hall–Kier alpha value is -2.81. The quantitative estimate of drug-likeness (QED) is 0.436. The molecule has 8 nitrogen and oxygen atoms in total. The van der Waals surface area contributed by atoms with E-state index in [0.717, 1.165) is 5.56 Å². The number of benzene rings is 1. The zero-order valence-electron chi connectivity index (χ0n) is 12.5. The second-order valence-corrected chi connectivity index (χ2v) is 4.58. The summed E-state index contributed by atoms with van der Waals surface area (Å²) in [5, 5.41) is 17.0. The Labute approximate surface area is 131 Å². The summed E-state index contributed by atoms with van der Waals surface area (Å²) >= 11 is 0. The van der Waals surface area contributed by atoms with Crippen molar-refractivity contribution in [2.24, 2.45) is 0 Å². The van der Waals surface area contributed by atoms with Crippen molar-refractivity contribution < 1.29 is 14.1 Å². The molecule has 0 aliphatic carbocycles. The molecule has 0 saturated carbocycles. The van der Waals surface area contributed by atoms with Gasteiger partial charge < -0.3 is 15.4 Å². The molecule has 2 aromatic rings. The lowest BCUT2D eigenvalue weighted by Gasteiger charge is -2.10. The molecule has 0 aliphatic rings. The van der Waals surface area contributed by atoms with E-state index in [0.29, 0.717) is 13.2 Å². The Morgan fingerprint density at radius 3 is 2.48 bits per heavy atom. The lowest BCUT2D eigenvalue weighted by atomic mass is 10.2. The summed E-state index contributed by atoms with van der Waals surface area (Å²) in [7, 11) is 1.53. The van der Waals surface area contributed by atoms with E-state index in [9.17, 15) is 14.5 Å². The first-order valence-electron chi connectivity index (χ1n) is 6.82. The minimum absolute atomic E-state index is 0.0919. The molecule has 9 heteroatoms. The molecule has 0 bridgehead atoms. The monoisotopic (exact) mass is 321 g/mol. The van der Waals surface area contributed by atoms with Crippen LogP contribution in [0.15, 0.2) is 30.6 Å². The molecule has 2 rings (SSSR count). The zero-order chi connectivity index (χ0) is 16.7. The molecule has 0 unspecified atom stereocenters. The van der Waals surface area contributed by atoms with Crippen molar-refractivity contribution in [3.8, 4) is 0 Å². The summed E-state index contributed by atoms with van der Waals surface area (Å²) < 4.78 is 17.8. The molecule has 0 spiro atoms. The Bertz CT molecular complexity index is 666. The van der Waals surface area contributed by atoms with Gasteiger partial charge in [0.05, 0.1) is 11.5 Å². The fourth-order valence-corrected chi connectivity index (χ4v) is 1.87. The number of ether oxygens (including phenoxy) is 1. The lowest BCUT2D eigenvalue weighted by Crippen LogP contribution is -2.13. The number of halogens is 1. The van der Waals surface area contributed by atoms with Crippen LogP contribution in [-0.2, 0) is 11.3 Å². The van der Waals surface area contributed by atoms with Crippen molar-refractivity contribution in [3.63, 3.8) is 0 Å². The maximum atomic E-state index is 12.9. The average Bonchev–Trinajstić information content (AvgIpc) is 2.54. The van der Waals surface area contributed by atoms with Crippen molar-refractivity contribution >= 4 is 17.3 Å². The largest absolute Gasteiger partial charge is 0.383 e. The number of nitro groups is 1. The fourth-order valence-electron chi connectivity index (χ4n) is 1.87. The highest BCUT2D eigenvalue weighted by molar-refractivity contribution is 5.69. The molecule has 0 amide bonds. The van der Waals surface area contributed by atoms with Gasteiger partial charge in [0.1, 0.15) is 12.1 Å². The van der Waals surface area contributed by atoms with Gasteiger partial charge in [-0.2, -0.15) is 0 Å². The molecule has 2 N–H and O–H groups in total. The first kappa shape index (κ1) is 16.6. The minimum Gasteiger partial charge on any atom is -0.383 e. The summed E-state index contributed by atoms with van der Waals surface area (Å²) in [6.07, 6.45) is 1.23. The van der Waals surface area contributed by atoms with Crippen LogP contribution in [0.3, 0.4) is 0 Å². The second kappa shape index (κ2) is 7.99. The molecule has 23 heavy (non-hydrogen) atoms. The Kier molecular flexibility index (Phi) is 5.75. The number of nitrogens with one attached hydrogen (secondary N) is 2. The summed E-state index contributed by atoms with van der Waals surface area (Å²) in [5.74, 6) is -0.135. The van der Waals surface area contributed by atoms with E-state index >= 15 is 0 Å². The van der Waals surface area contributed by atoms with Crippen LogP contribution in [0.1, 0.15) is 5.56 Å². The molecule has 1 aromatic heterocycles. The summed E-state index contributed by atoms with van der Waals surface area (Å²) in [6.45, 7) is 1.04. The molecule has 0 atom stereocenters. The van der Waals surface area contributed by atoms with Crippen molar-refractivity contribution in [2.75, 3.05) is 30.9 Å². The van der Waals surface area contributed by atoms with E-state index in [4.69, 9.17) is 4.74 Å². The van der Waals surface area contributed by atoms with E-state index in [-0.39, 0.29) is 29.7 Å². The van der Waals surface area contributed by atoms with Crippen LogP contribution < -0.4 is 10.6 Å². The molecule has 1 heterocycles. The fraction of sp³-hybridized carbons (Fsp3) is 0.286. The predicted molar refractivity (Wildman–Crippen MR) is 82.8 cm³/mol. The predicted octanol–water partition coefficient (Wildman–Crippen LogP) is 2.19. The van der Waals surface area contributed by atoms with Crippen LogP contribution in [0, 0.1) is 15.9 Å². The smallest absolute Gasteiger partial charge is 0.353 e. The Balaban J connectivity index is 2.15. The van der Waals surface area contributed by atoms with Crippen molar-refractivity contribution in [1.82, 2.24) is 9.97 Å². The molecule has 0 aliphatic heterocycles. The molecular weight excluding hydrogens is 305 g/mol. The molecular formula is C14H16FN5O3. The number of nitrogens with zero attached hydrogens (tertiary/aromatic N) is 3. The number of methoxy groups -OCH3 is 1. The van der Waals surface area contributed by atoms with Crippen LogP contribution in [0.25, 0.3) is 0 Å². The van der Waals surface area contributed by atoms with Gasteiger partial charge in [0, 0.05) is 20.2 Å². The second-order valence-electron chi connectivity index (χ2n) is 4.58. The van der Waals surface area contributed by atoms with E-state index in [1.165, 1.54) is 25.6 Å². The van der Waals surface area contributed by atoms with Crippen LogP contribution >= 0.6 is 0 Å². The normalized spacial score (nSPS) is 10.3. The Morgan fingerprint density at radius 2 is 1.87 bits per heavy atom. The van der Waals surface area contributed by atoms with Crippen molar-refractivity contribution in [2.45, 2.75) is 6.54 Å². The van der Waals surface area contributed by atoms with Gasteiger partial charge in [0.2, 0.25) is 11.6 Å². The minimum atomic E-state index is -0.553. The number of aromatic nitrogens is 2. The van der Waals surface area contributed by atoms with Gasteiger partial charge in [-0.15, -0.1) is 0 Å². The third-order valence-electron chi connectivity index (χ3n) is 2.98. The molecule has 0 saturated heterocycles. The van der Waals surface area contributed by atoms with Gasteiger partial charge in [0.25, 0.3) is 0 Å². The topological polar surface area (TPSA) is 102 Å². The van der Waals surface area contributed by atoms with Gasteiger partial charge in [-0.3, -0.25) is 10.1 Å². The first-order valence-corrected chi connectivity index (χ1v) is 6.82. The number of rotatable bonds is 8. The van der Waals surface area contributed by atoms with E-state index in [1.54, 1.807) is 12.1 Å². The van der Waals surface area contributed by atoms with Crippen LogP contribution in [0.5, 0.6) is 0 Å². The molecule has 122 valence electrons. The standard InChI is InChI=1S/C14H16FN5O3/c1-23-7-6-16-13-12(20(21)22)14(19-9-18-13)17-8-10-2-4-11(15)5-3-10/h2-5,9H,6-8H2,1H3,(H2,16,17,18,19). The van der Waals surface area contributed by atoms with Gasteiger partial charge >= 0.3 is 5.69 Å². The van der Waals surface area contributed by atoms with Gasteiger partial charge in [-0.25, -0.2) is 14.4 Å². The van der Waals surface area contributed by atoms with Crippen LogP contribution in [0.4, 0.5) is 21.7 Å². The molecule has 1 aromatic carbocycles. The van der Waals surface area contributed by atoms with E-state index < -0.39 is 4.92 Å².